The van der Waals surface area contributed by atoms with Gasteiger partial charge in [0.2, 0.25) is 0 Å². The number of amides is 1. The Hall–Kier alpha value is -1.35. The fourth-order valence-corrected chi connectivity index (χ4v) is 0.975. The van der Waals surface area contributed by atoms with Crippen molar-refractivity contribution in [2.45, 2.75) is 6.54 Å². The molecule has 1 rings (SSSR count). The van der Waals surface area contributed by atoms with Crippen molar-refractivity contribution in [1.29, 1.82) is 5.26 Å². The summed E-state index contributed by atoms with van der Waals surface area (Å²) in [6.07, 6.45) is 0. The molecule has 0 aliphatic carbocycles. The zero-order valence-corrected chi connectivity index (χ0v) is 10.8. The van der Waals surface area contributed by atoms with E-state index in [0.717, 1.165) is 5.56 Å². The predicted octanol–water partition coefficient (Wildman–Crippen LogP) is -2.23. The first-order valence-electron chi connectivity index (χ1n) is 4.20. The Kier molecular flexibility index (Phi) is 7.21. The van der Waals surface area contributed by atoms with Crippen LogP contribution in [0.5, 0.6) is 0 Å². The summed E-state index contributed by atoms with van der Waals surface area (Å²) in [5.41, 5.74) is 0.222. The standard InChI is InChI=1S/C10H9N3O2.Na/c11-6-9(13-15)10(14)12-7-8-4-2-1-3-5-8;/h1-5,15H,7H2,(H,12,14);/q;+1/p-1. The Labute approximate surface area is 115 Å². The summed E-state index contributed by atoms with van der Waals surface area (Å²) in [6.45, 7) is 0.264. The van der Waals surface area contributed by atoms with Crippen molar-refractivity contribution in [1.82, 2.24) is 5.32 Å². The molecule has 1 aromatic rings. The third-order valence-corrected chi connectivity index (χ3v) is 1.71. The van der Waals surface area contributed by atoms with E-state index in [0.29, 0.717) is 0 Å². The molecule has 0 aromatic heterocycles. The van der Waals surface area contributed by atoms with Crippen LogP contribution in [0.15, 0.2) is 35.5 Å². The molecule has 0 fully saturated rings. The normalized spacial score (nSPS) is 9.81. The number of benzene rings is 1. The Morgan fingerprint density at radius 1 is 1.44 bits per heavy atom. The van der Waals surface area contributed by atoms with Crippen LogP contribution in [0.3, 0.4) is 0 Å². The van der Waals surface area contributed by atoms with Gasteiger partial charge in [0, 0.05) is 6.54 Å². The van der Waals surface area contributed by atoms with Crippen molar-refractivity contribution in [3.05, 3.63) is 41.1 Å². The van der Waals surface area contributed by atoms with E-state index >= 15 is 0 Å². The first-order chi connectivity index (χ1) is 7.27. The van der Waals surface area contributed by atoms with Crippen molar-refractivity contribution in [2.24, 2.45) is 5.16 Å². The molecule has 0 saturated carbocycles. The number of hydrogen-bond acceptors (Lipinski definition) is 4. The van der Waals surface area contributed by atoms with Crippen LogP contribution in [0.25, 0.3) is 0 Å². The van der Waals surface area contributed by atoms with Gasteiger partial charge < -0.3 is 15.7 Å². The van der Waals surface area contributed by atoms with Crippen LogP contribution in [0, 0.1) is 16.5 Å². The Bertz CT molecular complexity index is 412. The molecular formula is C10H8N3NaO2. The molecule has 0 unspecified atom stereocenters. The van der Waals surface area contributed by atoms with Crippen LogP contribution in [0.1, 0.15) is 5.56 Å². The van der Waals surface area contributed by atoms with Crippen molar-refractivity contribution in [2.75, 3.05) is 0 Å². The molecule has 0 spiro atoms. The molecule has 0 saturated heterocycles. The topological polar surface area (TPSA) is 88.3 Å². The van der Waals surface area contributed by atoms with Crippen molar-refractivity contribution in [3.63, 3.8) is 0 Å². The summed E-state index contributed by atoms with van der Waals surface area (Å²) in [5, 5.41) is 23.1. The van der Waals surface area contributed by atoms with Gasteiger partial charge in [-0.25, -0.2) is 0 Å². The zero-order chi connectivity index (χ0) is 11.1. The zero-order valence-electron chi connectivity index (χ0n) is 8.80. The molecule has 0 heterocycles. The van der Waals surface area contributed by atoms with Gasteiger partial charge in [-0.1, -0.05) is 30.3 Å². The Morgan fingerprint density at radius 3 is 2.56 bits per heavy atom. The summed E-state index contributed by atoms with van der Waals surface area (Å²) in [5.74, 6) is -0.753. The summed E-state index contributed by atoms with van der Waals surface area (Å²) in [7, 11) is 0. The quantitative estimate of drug-likeness (QED) is 0.358. The van der Waals surface area contributed by atoms with Crippen LogP contribution in [-0.4, -0.2) is 11.6 Å². The van der Waals surface area contributed by atoms with E-state index in [9.17, 15) is 10.0 Å². The van der Waals surface area contributed by atoms with E-state index in [1.54, 1.807) is 0 Å². The molecule has 0 aliphatic heterocycles. The van der Waals surface area contributed by atoms with E-state index in [-0.39, 0.29) is 36.1 Å². The number of carbonyl (C=O) groups is 1. The van der Waals surface area contributed by atoms with E-state index in [4.69, 9.17) is 5.26 Å². The smallest absolute Gasteiger partial charge is 0.791 e. The van der Waals surface area contributed by atoms with E-state index in [1.807, 2.05) is 30.3 Å². The molecule has 5 nitrogen and oxygen atoms in total. The van der Waals surface area contributed by atoms with Crippen LogP contribution in [-0.2, 0) is 11.3 Å². The Morgan fingerprint density at radius 2 is 2.06 bits per heavy atom. The maximum Gasteiger partial charge on any atom is 1.00 e. The maximum absolute atomic E-state index is 11.1. The molecule has 16 heavy (non-hydrogen) atoms. The number of nitrogens with zero attached hydrogens (tertiary/aromatic N) is 2. The average Bonchev–Trinajstić information content (AvgIpc) is 2.29. The second-order valence-corrected chi connectivity index (χ2v) is 2.72. The molecule has 6 heteroatoms. The number of hydrogen-bond donors (Lipinski definition) is 1. The molecule has 1 aromatic carbocycles. The minimum Gasteiger partial charge on any atom is -0.791 e. The second-order valence-electron chi connectivity index (χ2n) is 2.72. The van der Waals surface area contributed by atoms with Crippen molar-refractivity contribution >= 4 is 11.6 Å². The fourth-order valence-electron chi connectivity index (χ4n) is 0.975. The molecular weight excluding hydrogens is 217 g/mol. The number of nitriles is 1. The van der Waals surface area contributed by atoms with Gasteiger partial charge in [0.25, 0.3) is 5.91 Å². The van der Waals surface area contributed by atoms with Crippen molar-refractivity contribution < 1.29 is 34.4 Å². The summed E-state index contributed by atoms with van der Waals surface area (Å²) < 4.78 is 0. The van der Waals surface area contributed by atoms with Gasteiger partial charge in [0.1, 0.15) is 6.07 Å². The number of carbonyl (C=O) groups excluding carboxylic acids is 1. The van der Waals surface area contributed by atoms with Gasteiger partial charge in [0.15, 0.2) is 5.71 Å². The summed E-state index contributed by atoms with van der Waals surface area (Å²) in [6, 6.07) is 10.6. The molecule has 1 amide bonds. The molecule has 0 aliphatic rings. The first kappa shape index (κ1) is 14.6. The summed E-state index contributed by atoms with van der Waals surface area (Å²) in [4.78, 5) is 11.1. The van der Waals surface area contributed by atoms with Gasteiger partial charge in [-0.15, -0.1) is 0 Å². The summed E-state index contributed by atoms with van der Waals surface area (Å²) >= 11 is 0. The van der Waals surface area contributed by atoms with Gasteiger partial charge in [-0.2, -0.15) is 5.26 Å². The number of rotatable bonds is 3. The van der Waals surface area contributed by atoms with Crippen LogP contribution in [0.2, 0.25) is 0 Å². The van der Waals surface area contributed by atoms with Crippen molar-refractivity contribution in [3.8, 4) is 6.07 Å². The second kappa shape index (κ2) is 7.88. The fraction of sp³-hybridized carbons (Fsp3) is 0.100. The third-order valence-electron chi connectivity index (χ3n) is 1.71. The molecule has 1 N–H and O–H groups in total. The SMILES string of the molecule is N#CC(=N[O-])C(=O)NCc1ccccc1.[Na+]. The largest absolute Gasteiger partial charge is 1.00 e. The molecule has 0 atom stereocenters. The molecule has 0 bridgehead atoms. The van der Waals surface area contributed by atoms with Gasteiger partial charge in [-0.3, -0.25) is 4.79 Å². The van der Waals surface area contributed by atoms with E-state index in [2.05, 4.69) is 10.5 Å². The van der Waals surface area contributed by atoms with Gasteiger partial charge in [-0.05, 0) is 5.56 Å². The minimum absolute atomic E-state index is 0. The monoisotopic (exact) mass is 225 g/mol. The van der Waals surface area contributed by atoms with E-state index in [1.165, 1.54) is 6.07 Å². The Balaban J connectivity index is 0.00000225. The average molecular weight is 225 g/mol. The van der Waals surface area contributed by atoms with Crippen LogP contribution >= 0.6 is 0 Å². The minimum atomic E-state index is -0.753. The van der Waals surface area contributed by atoms with E-state index < -0.39 is 11.6 Å². The predicted molar refractivity (Wildman–Crippen MR) is 54.7 cm³/mol. The maximum atomic E-state index is 11.1. The molecule has 76 valence electrons. The van der Waals surface area contributed by atoms with Crippen LogP contribution in [0.4, 0.5) is 0 Å². The van der Waals surface area contributed by atoms with Crippen LogP contribution < -0.4 is 34.9 Å². The first-order valence-corrected chi connectivity index (χ1v) is 4.20. The van der Waals surface area contributed by atoms with Gasteiger partial charge in [0.05, 0.1) is 0 Å². The van der Waals surface area contributed by atoms with Gasteiger partial charge >= 0.3 is 29.6 Å². The molecule has 0 radical (unpaired) electrons. The number of nitrogens with one attached hydrogen (secondary N) is 1. The third kappa shape index (κ3) is 4.45.